The van der Waals surface area contributed by atoms with Gasteiger partial charge in [-0.05, 0) is 41.5 Å². The zero-order valence-electron chi connectivity index (χ0n) is 17.4. The minimum absolute atomic E-state index is 0.0369. The van der Waals surface area contributed by atoms with Crippen molar-refractivity contribution >= 4 is 12.0 Å². The van der Waals surface area contributed by atoms with Crippen LogP contribution in [0.25, 0.3) is 6.08 Å². The number of piperazine rings is 1. The number of carbonyl (C=O) groups is 1. The predicted octanol–water partition coefficient (Wildman–Crippen LogP) is 2.93. The Balaban J connectivity index is 1.14. The Hall–Kier alpha value is -3.19. The highest BCUT2D eigenvalue weighted by Crippen LogP contribution is 2.33. The molecule has 3 aliphatic rings. The van der Waals surface area contributed by atoms with E-state index in [1.807, 2.05) is 41.3 Å². The lowest BCUT2D eigenvalue weighted by Crippen LogP contribution is -2.47. The normalized spacial score (nSPS) is 18.3. The Morgan fingerprint density at radius 1 is 0.839 bits per heavy atom. The van der Waals surface area contributed by atoms with Crippen LogP contribution in [0, 0.1) is 0 Å². The molecule has 0 N–H and O–H groups in total. The van der Waals surface area contributed by atoms with Gasteiger partial charge in [0, 0.05) is 45.2 Å². The van der Waals surface area contributed by atoms with Crippen LogP contribution in [0.4, 0.5) is 0 Å². The second-order valence-electron chi connectivity index (χ2n) is 7.88. The monoisotopic (exact) mass is 422 g/mol. The molecule has 1 fully saturated rings. The van der Waals surface area contributed by atoms with Crippen LogP contribution in [-0.2, 0) is 11.3 Å². The van der Waals surface area contributed by atoms with E-state index in [0.29, 0.717) is 20.0 Å². The van der Waals surface area contributed by atoms with Crippen LogP contribution in [0.2, 0.25) is 0 Å². The Morgan fingerprint density at radius 3 is 2.42 bits per heavy atom. The van der Waals surface area contributed by atoms with Crippen molar-refractivity contribution in [2.75, 3.05) is 46.2 Å². The minimum atomic E-state index is 0.0369. The fourth-order valence-electron chi connectivity index (χ4n) is 3.98. The maximum Gasteiger partial charge on any atom is 0.246 e. The molecule has 7 nitrogen and oxygen atoms in total. The lowest BCUT2D eigenvalue weighted by molar-refractivity contribution is -0.127. The molecule has 0 radical (unpaired) electrons. The van der Waals surface area contributed by atoms with Gasteiger partial charge >= 0.3 is 0 Å². The van der Waals surface area contributed by atoms with Crippen LogP contribution < -0.4 is 18.9 Å². The molecule has 3 heterocycles. The van der Waals surface area contributed by atoms with Crippen LogP contribution in [0.1, 0.15) is 17.5 Å². The van der Waals surface area contributed by atoms with Gasteiger partial charge in [-0.1, -0.05) is 12.1 Å². The van der Waals surface area contributed by atoms with E-state index in [-0.39, 0.29) is 5.91 Å². The van der Waals surface area contributed by atoms with Crippen molar-refractivity contribution < 1.29 is 23.7 Å². The van der Waals surface area contributed by atoms with Crippen molar-refractivity contribution in [2.24, 2.45) is 0 Å². The van der Waals surface area contributed by atoms with Crippen molar-refractivity contribution in [1.82, 2.24) is 9.80 Å². The van der Waals surface area contributed by atoms with Crippen LogP contribution in [0.5, 0.6) is 23.0 Å². The van der Waals surface area contributed by atoms with Gasteiger partial charge in [-0.25, -0.2) is 0 Å². The van der Waals surface area contributed by atoms with Crippen LogP contribution >= 0.6 is 0 Å². The Labute approximate surface area is 181 Å². The van der Waals surface area contributed by atoms with Gasteiger partial charge < -0.3 is 23.8 Å². The standard InChI is InChI=1S/C24H26N2O5/c27-24(7-4-18-2-5-20-22(14-18)29-13-1-12-28-20)26-10-8-25(9-11-26)16-19-3-6-21-23(15-19)31-17-30-21/h2-7,14-15H,1,8-13,16-17H2. The first-order valence-corrected chi connectivity index (χ1v) is 10.7. The summed E-state index contributed by atoms with van der Waals surface area (Å²) in [5.74, 6) is 3.16. The van der Waals surface area contributed by atoms with Gasteiger partial charge in [-0.15, -0.1) is 0 Å². The lowest BCUT2D eigenvalue weighted by atomic mass is 10.1. The van der Waals surface area contributed by atoms with E-state index >= 15 is 0 Å². The smallest absolute Gasteiger partial charge is 0.246 e. The SMILES string of the molecule is O=C(C=Cc1ccc2c(c1)OCCCO2)N1CCN(Cc2ccc3c(c2)OCO3)CC1. The molecule has 1 saturated heterocycles. The molecular formula is C24H26N2O5. The second kappa shape index (κ2) is 8.89. The number of carbonyl (C=O) groups excluding carboxylic acids is 1. The molecule has 5 rings (SSSR count). The molecule has 0 saturated carbocycles. The third-order valence-electron chi connectivity index (χ3n) is 5.72. The van der Waals surface area contributed by atoms with Gasteiger partial charge in [-0.2, -0.15) is 0 Å². The van der Waals surface area contributed by atoms with E-state index in [1.165, 1.54) is 5.56 Å². The Bertz CT molecular complexity index is 982. The summed E-state index contributed by atoms with van der Waals surface area (Å²) < 4.78 is 22.2. The number of hydrogen-bond donors (Lipinski definition) is 0. The summed E-state index contributed by atoms with van der Waals surface area (Å²) in [6.45, 7) is 5.57. The summed E-state index contributed by atoms with van der Waals surface area (Å²) in [5.41, 5.74) is 2.12. The van der Waals surface area contributed by atoms with Gasteiger partial charge in [-0.3, -0.25) is 9.69 Å². The highest BCUT2D eigenvalue weighted by atomic mass is 16.7. The number of fused-ring (bicyclic) bond motifs is 2. The molecule has 0 unspecified atom stereocenters. The summed E-state index contributed by atoms with van der Waals surface area (Å²) >= 11 is 0. The molecule has 0 aromatic heterocycles. The highest BCUT2D eigenvalue weighted by molar-refractivity contribution is 5.92. The van der Waals surface area contributed by atoms with E-state index in [1.54, 1.807) is 6.08 Å². The van der Waals surface area contributed by atoms with Crippen molar-refractivity contribution in [1.29, 1.82) is 0 Å². The van der Waals surface area contributed by atoms with Crippen molar-refractivity contribution in [3.8, 4) is 23.0 Å². The van der Waals surface area contributed by atoms with Gasteiger partial charge in [0.05, 0.1) is 13.2 Å². The topological polar surface area (TPSA) is 60.5 Å². The number of ether oxygens (including phenoxy) is 4. The predicted molar refractivity (Wildman–Crippen MR) is 116 cm³/mol. The van der Waals surface area contributed by atoms with E-state index in [9.17, 15) is 4.79 Å². The maximum absolute atomic E-state index is 12.6. The summed E-state index contributed by atoms with van der Waals surface area (Å²) in [4.78, 5) is 16.9. The van der Waals surface area contributed by atoms with E-state index in [0.717, 1.165) is 67.7 Å². The molecule has 0 aliphatic carbocycles. The molecule has 162 valence electrons. The number of rotatable bonds is 4. The quantitative estimate of drug-likeness (QED) is 0.706. The van der Waals surface area contributed by atoms with E-state index in [2.05, 4.69) is 11.0 Å². The van der Waals surface area contributed by atoms with Gasteiger partial charge in [0.15, 0.2) is 23.0 Å². The van der Waals surface area contributed by atoms with Crippen LogP contribution in [0.3, 0.4) is 0 Å². The van der Waals surface area contributed by atoms with Gasteiger partial charge in [0.1, 0.15) is 0 Å². The number of nitrogens with zero attached hydrogens (tertiary/aromatic N) is 2. The van der Waals surface area contributed by atoms with Crippen molar-refractivity contribution in [3.63, 3.8) is 0 Å². The molecule has 2 aromatic carbocycles. The summed E-state index contributed by atoms with van der Waals surface area (Å²) in [7, 11) is 0. The molecule has 0 spiro atoms. The first kappa shape index (κ1) is 19.8. The van der Waals surface area contributed by atoms with Crippen LogP contribution in [-0.4, -0.2) is 61.9 Å². The van der Waals surface area contributed by atoms with E-state index < -0.39 is 0 Å². The number of amides is 1. The van der Waals surface area contributed by atoms with Gasteiger partial charge in [0.25, 0.3) is 0 Å². The summed E-state index contributed by atoms with van der Waals surface area (Å²) in [6.07, 6.45) is 4.36. The summed E-state index contributed by atoms with van der Waals surface area (Å²) in [5, 5.41) is 0. The molecule has 7 heteroatoms. The second-order valence-corrected chi connectivity index (χ2v) is 7.88. The Morgan fingerprint density at radius 2 is 1.55 bits per heavy atom. The fraction of sp³-hybridized carbons (Fsp3) is 0.375. The first-order chi connectivity index (χ1) is 15.2. The zero-order valence-corrected chi connectivity index (χ0v) is 17.4. The van der Waals surface area contributed by atoms with Gasteiger partial charge in [0.2, 0.25) is 12.7 Å². The number of hydrogen-bond acceptors (Lipinski definition) is 6. The fourth-order valence-corrected chi connectivity index (χ4v) is 3.98. The maximum atomic E-state index is 12.6. The molecule has 0 bridgehead atoms. The average Bonchev–Trinajstić information content (AvgIpc) is 3.14. The number of benzene rings is 2. The Kier molecular flexibility index (Phi) is 5.67. The molecule has 2 aromatic rings. The van der Waals surface area contributed by atoms with Crippen molar-refractivity contribution in [3.05, 3.63) is 53.6 Å². The molecular weight excluding hydrogens is 396 g/mol. The largest absolute Gasteiger partial charge is 0.490 e. The first-order valence-electron chi connectivity index (χ1n) is 10.7. The lowest BCUT2D eigenvalue weighted by Gasteiger charge is -2.34. The minimum Gasteiger partial charge on any atom is -0.490 e. The summed E-state index contributed by atoms with van der Waals surface area (Å²) in [6, 6.07) is 11.8. The molecule has 0 atom stereocenters. The average molecular weight is 422 g/mol. The van der Waals surface area contributed by atoms with Crippen molar-refractivity contribution in [2.45, 2.75) is 13.0 Å². The third-order valence-corrected chi connectivity index (χ3v) is 5.72. The molecule has 1 amide bonds. The molecule has 3 aliphatic heterocycles. The third kappa shape index (κ3) is 4.61. The zero-order chi connectivity index (χ0) is 21.0. The highest BCUT2D eigenvalue weighted by Gasteiger charge is 2.21. The van der Waals surface area contributed by atoms with Crippen LogP contribution in [0.15, 0.2) is 42.5 Å². The van der Waals surface area contributed by atoms with E-state index in [4.69, 9.17) is 18.9 Å². The molecule has 31 heavy (non-hydrogen) atoms.